The van der Waals surface area contributed by atoms with Crippen LogP contribution in [0.15, 0.2) is 54.6 Å². The monoisotopic (exact) mass is 413 g/mol. The maximum absolute atomic E-state index is 13.0. The van der Waals surface area contributed by atoms with Gasteiger partial charge in [-0.05, 0) is 42.9 Å². The van der Waals surface area contributed by atoms with Gasteiger partial charge in [-0.25, -0.2) is 4.98 Å². The van der Waals surface area contributed by atoms with Crippen molar-refractivity contribution in [2.75, 3.05) is 31.1 Å². The van der Waals surface area contributed by atoms with E-state index in [4.69, 9.17) is 11.6 Å². The van der Waals surface area contributed by atoms with Gasteiger partial charge in [-0.1, -0.05) is 67.1 Å². The Morgan fingerprint density at radius 3 is 2.57 bits per heavy atom. The van der Waals surface area contributed by atoms with Crippen LogP contribution in [0.3, 0.4) is 0 Å². The number of hydrogen-bond acceptors (Lipinski definition) is 4. The van der Waals surface area contributed by atoms with Crippen LogP contribution in [0.5, 0.6) is 0 Å². The minimum atomic E-state index is -0.0684. The summed E-state index contributed by atoms with van der Waals surface area (Å²) in [6, 6.07) is 15.4. The zero-order valence-electron chi connectivity index (χ0n) is 16.1. The summed E-state index contributed by atoms with van der Waals surface area (Å²) in [6.07, 6.45) is 3.47. The molecule has 3 rings (SSSR count). The van der Waals surface area contributed by atoms with Gasteiger partial charge in [0, 0.05) is 24.2 Å². The number of benzene rings is 2. The maximum atomic E-state index is 13.0. The number of amides is 1. The summed E-state index contributed by atoms with van der Waals surface area (Å²) in [5, 5.41) is 1.37. The van der Waals surface area contributed by atoms with Crippen LogP contribution < -0.4 is 4.90 Å². The number of anilines is 1. The summed E-state index contributed by atoms with van der Waals surface area (Å²) in [5.41, 5.74) is 1.85. The van der Waals surface area contributed by atoms with Gasteiger partial charge < -0.3 is 4.90 Å². The minimum Gasteiger partial charge on any atom is -0.302 e. The van der Waals surface area contributed by atoms with Gasteiger partial charge in [0.1, 0.15) is 0 Å². The van der Waals surface area contributed by atoms with Crippen molar-refractivity contribution < 1.29 is 4.79 Å². The molecule has 0 fully saturated rings. The summed E-state index contributed by atoms with van der Waals surface area (Å²) in [7, 11) is 0. The summed E-state index contributed by atoms with van der Waals surface area (Å²) >= 11 is 7.60. The quantitative estimate of drug-likeness (QED) is 0.468. The lowest BCUT2D eigenvalue weighted by Crippen LogP contribution is -2.38. The second kappa shape index (κ2) is 9.82. The third kappa shape index (κ3) is 5.19. The van der Waals surface area contributed by atoms with E-state index in [1.54, 1.807) is 11.0 Å². The first-order valence-corrected chi connectivity index (χ1v) is 10.6. The molecule has 0 N–H and O–H groups in total. The number of hydrogen-bond donors (Lipinski definition) is 0. The van der Waals surface area contributed by atoms with Gasteiger partial charge in [-0.15, -0.1) is 0 Å². The normalized spacial score (nSPS) is 11.6. The largest absolute Gasteiger partial charge is 0.302 e. The number of fused-ring (bicyclic) bond motifs is 1. The zero-order valence-corrected chi connectivity index (χ0v) is 17.7. The SMILES string of the molecule is CCN(CC)CCN(C(=O)C=Cc1ccccc1)c1nc2ccc(Cl)cc2s1. The number of nitrogens with zero attached hydrogens (tertiary/aromatic N) is 3. The fourth-order valence-electron chi connectivity index (χ4n) is 2.90. The van der Waals surface area contributed by atoms with Crippen molar-refractivity contribution in [2.24, 2.45) is 0 Å². The summed E-state index contributed by atoms with van der Waals surface area (Å²) < 4.78 is 0.982. The van der Waals surface area contributed by atoms with Gasteiger partial charge in [0.15, 0.2) is 5.13 Å². The predicted molar refractivity (Wildman–Crippen MR) is 120 cm³/mol. The molecule has 1 heterocycles. The summed E-state index contributed by atoms with van der Waals surface area (Å²) in [5.74, 6) is -0.0684. The van der Waals surface area contributed by atoms with Crippen molar-refractivity contribution in [3.8, 4) is 0 Å². The molecule has 146 valence electrons. The molecule has 0 saturated carbocycles. The highest BCUT2D eigenvalue weighted by Crippen LogP contribution is 2.31. The van der Waals surface area contributed by atoms with Gasteiger partial charge in [0.2, 0.25) is 0 Å². The molecule has 6 heteroatoms. The lowest BCUT2D eigenvalue weighted by Gasteiger charge is -2.23. The van der Waals surface area contributed by atoms with E-state index in [1.165, 1.54) is 11.3 Å². The molecular formula is C22H24ClN3OS. The van der Waals surface area contributed by atoms with Crippen molar-refractivity contribution in [3.05, 3.63) is 65.2 Å². The van der Waals surface area contributed by atoms with Crippen LogP contribution in [0.1, 0.15) is 19.4 Å². The Balaban J connectivity index is 1.86. The average molecular weight is 414 g/mol. The number of aromatic nitrogens is 1. The van der Waals surface area contributed by atoms with Crippen molar-refractivity contribution in [1.29, 1.82) is 0 Å². The third-order valence-electron chi connectivity index (χ3n) is 4.59. The molecule has 1 amide bonds. The maximum Gasteiger partial charge on any atom is 0.252 e. The average Bonchev–Trinajstić information content (AvgIpc) is 3.13. The molecule has 0 radical (unpaired) electrons. The van der Waals surface area contributed by atoms with Crippen molar-refractivity contribution in [1.82, 2.24) is 9.88 Å². The molecule has 1 aromatic heterocycles. The van der Waals surface area contributed by atoms with Gasteiger partial charge in [0.05, 0.1) is 10.2 Å². The van der Waals surface area contributed by atoms with Crippen LogP contribution in [0.25, 0.3) is 16.3 Å². The topological polar surface area (TPSA) is 36.4 Å². The van der Waals surface area contributed by atoms with Gasteiger partial charge in [-0.2, -0.15) is 0 Å². The Morgan fingerprint density at radius 1 is 1.11 bits per heavy atom. The molecule has 0 atom stereocenters. The fourth-order valence-corrected chi connectivity index (χ4v) is 4.18. The Bertz CT molecular complexity index is 951. The third-order valence-corrected chi connectivity index (χ3v) is 5.86. The van der Waals surface area contributed by atoms with E-state index in [9.17, 15) is 4.79 Å². The number of likely N-dealkylation sites (N-methyl/N-ethyl adjacent to an activating group) is 1. The molecule has 0 unspecified atom stereocenters. The summed E-state index contributed by atoms with van der Waals surface area (Å²) in [6.45, 7) is 7.55. The molecule has 0 aliphatic rings. The van der Waals surface area contributed by atoms with Gasteiger partial charge in [-0.3, -0.25) is 9.69 Å². The summed E-state index contributed by atoms with van der Waals surface area (Å²) in [4.78, 5) is 21.7. The molecule has 0 aliphatic heterocycles. The molecule has 0 aliphatic carbocycles. The standard InChI is InChI=1S/C22H24ClN3OS/c1-3-25(4-2)14-15-26(21(27)13-10-17-8-6-5-7-9-17)22-24-19-12-11-18(23)16-20(19)28-22/h5-13,16H,3-4,14-15H2,1-2H3. The van der Waals surface area contributed by atoms with Crippen molar-refractivity contribution in [2.45, 2.75) is 13.8 Å². The molecule has 0 saturated heterocycles. The van der Waals surface area contributed by atoms with Crippen molar-refractivity contribution >= 4 is 50.3 Å². The highest BCUT2D eigenvalue weighted by Gasteiger charge is 2.18. The lowest BCUT2D eigenvalue weighted by molar-refractivity contribution is -0.114. The van der Waals surface area contributed by atoms with E-state index in [2.05, 4.69) is 23.7 Å². The highest BCUT2D eigenvalue weighted by molar-refractivity contribution is 7.22. The van der Waals surface area contributed by atoms with Crippen LogP contribution in [-0.2, 0) is 4.79 Å². The van der Waals surface area contributed by atoms with E-state index in [-0.39, 0.29) is 5.91 Å². The van der Waals surface area contributed by atoms with Gasteiger partial charge in [0.25, 0.3) is 5.91 Å². The Morgan fingerprint density at radius 2 is 1.86 bits per heavy atom. The molecule has 28 heavy (non-hydrogen) atoms. The van der Waals surface area contributed by atoms with Crippen LogP contribution in [-0.4, -0.2) is 42.0 Å². The second-order valence-electron chi connectivity index (χ2n) is 6.37. The van der Waals surface area contributed by atoms with Crippen LogP contribution in [0, 0.1) is 0 Å². The molecule has 0 spiro atoms. The molecular weight excluding hydrogens is 390 g/mol. The minimum absolute atomic E-state index is 0.0684. The molecule has 3 aromatic rings. The number of carbonyl (C=O) groups excluding carboxylic acids is 1. The number of carbonyl (C=O) groups is 1. The molecule has 0 bridgehead atoms. The van der Waals surface area contributed by atoms with Gasteiger partial charge >= 0.3 is 0 Å². The number of thiazole rings is 1. The van der Waals surface area contributed by atoms with Crippen LogP contribution in [0.2, 0.25) is 5.02 Å². The first-order chi connectivity index (χ1) is 13.6. The fraction of sp³-hybridized carbons (Fsp3) is 0.273. The first kappa shape index (κ1) is 20.5. The van der Waals surface area contributed by atoms with E-state index in [0.29, 0.717) is 16.7 Å². The molecule has 2 aromatic carbocycles. The van der Waals surface area contributed by atoms with E-state index in [1.807, 2.05) is 54.6 Å². The first-order valence-electron chi connectivity index (χ1n) is 9.43. The smallest absolute Gasteiger partial charge is 0.252 e. The van der Waals surface area contributed by atoms with E-state index < -0.39 is 0 Å². The zero-order chi connectivity index (χ0) is 19.9. The predicted octanol–water partition coefficient (Wildman–Crippen LogP) is 5.34. The Kier molecular flexibility index (Phi) is 7.20. The Labute approximate surface area is 175 Å². The number of rotatable bonds is 8. The molecule has 4 nitrogen and oxygen atoms in total. The highest BCUT2D eigenvalue weighted by atomic mass is 35.5. The van der Waals surface area contributed by atoms with Crippen LogP contribution in [0.4, 0.5) is 5.13 Å². The van der Waals surface area contributed by atoms with Crippen LogP contribution >= 0.6 is 22.9 Å². The van der Waals surface area contributed by atoms with E-state index >= 15 is 0 Å². The van der Waals surface area contributed by atoms with Crippen molar-refractivity contribution in [3.63, 3.8) is 0 Å². The van der Waals surface area contributed by atoms with E-state index in [0.717, 1.165) is 35.4 Å². The number of halogens is 1. The lowest BCUT2D eigenvalue weighted by atomic mass is 10.2. The Hall–Kier alpha value is -2.21. The second-order valence-corrected chi connectivity index (χ2v) is 7.81.